The summed E-state index contributed by atoms with van der Waals surface area (Å²) in [5.74, 6) is 0.408. The van der Waals surface area contributed by atoms with Crippen LogP contribution in [0, 0.1) is 6.92 Å². The third-order valence-electron chi connectivity index (χ3n) is 5.25. The highest BCUT2D eigenvalue weighted by atomic mass is 35.5. The van der Waals surface area contributed by atoms with Crippen LogP contribution in [0.4, 0.5) is 0 Å². The Morgan fingerprint density at radius 1 is 1.31 bits per heavy atom. The van der Waals surface area contributed by atoms with Gasteiger partial charge in [0.15, 0.2) is 5.65 Å². The Balaban J connectivity index is 1.78. The summed E-state index contributed by atoms with van der Waals surface area (Å²) in [5.41, 5.74) is 4.00. The molecule has 29 heavy (non-hydrogen) atoms. The third-order valence-corrected chi connectivity index (χ3v) is 5.47. The Bertz CT molecular complexity index is 1080. The maximum atomic E-state index is 13.5. The third kappa shape index (κ3) is 3.86. The number of halogens is 1. The monoisotopic (exact) mass is 411 g/mol. The van der Waals surface area contributed by atoms with E-state index in [1.54, 1.807) is 17.2 Å². The van der Waals surface area contributed by atoms with Crippen molar-refractivity contribution in [3.05, 3.63) is 52.1 Å². The fourth-order valence-electron chi connectivity index (χ4n) is 3.58. The molecule has 152 valence electrons. The number of fused-ring (bicyclic) bond motifs is 1. The fourth-order valence-corrected chi connectivity index (χ4v) is 3.70. The maximum Gasteiger partial charge on any atom is 0.254 e. The molecule has 1 aliphatic rings. The van der Waals surface area contributed by atoms with Crippen molar-refractivity contribution in [1.82, 2.24) is 24.6 Å². The van der Waals surface area contributed by atoms with Crippen LogP contribution in [0.1, 0.15) is 66.8 Å². The molecule has 1 amide bonds. The molecule has 3 heterocycles. The number of nitrogens with zero attached hydrogens (tertiary/aromatic N) is 5. The Kier molecular flexibility index (Phi) is 4.85. The van der Waals surface area contributed by atoms with E-state index in [1.807, 2.05) is 30.8 Å². The topological polar surface area (TPSA) is 63.9 Å². The number of amides is 1. The molecule has 0 bridgehead atoms. The highest BCUT2D eigenvalue weighted by Gasteiger charge is 2.31. The number of hydrogen-bond donors (Lipinski definition) is 0. The summed E-state index contributed by atoms with van der Waals surface area (Å²) >= 11 is 5.87. The smallest absolute Gasteiger partial charge is 0.254 e. The largest absolute Gasteiger partial charge is 0.337 e. The van der Waals surface area contributed by atoms with Crippen molar-refractivity contribution < 1.29 is 4.79 Å². The second-order valence-corrected chi connectivity index (χ2v) is 9.27. The molecule has 1 saturated carbocycles. The Hall–Kier alpha value is -2.47. The molecule has 4 rings (SSSR count). The van der Waals surface area contributed by atoms with Gasteiger partial charge in [-0.2, -0.15) is 5.10 Å². The van der Waals surface area contributed by atoms with Gasteiger partial charge in [-0.05, 0) is 58.2 Å². The molecular formula is C22H26ClN5O. The summed E-state index contributed by atoms with van der Waals surface area (Å²) in [6.07, 6.45) is 3.95. The first-order chi connectivity index (χ1) is 13.6. The lowest BCUT2D eigenvalue weighted by atomic mass is 10.1. The number of aromatic nitrogens is 4. The van der Waals surface area contributed by atoms with E-state index < -0.39 is 0 Å². The van der Waals surface area contributed by atoms with Crippen LogP contribution >= 0.6 is 11.6 Å². The Labute approximate surface area is 175 Å². The average Bonchev–Trinajstić information content (AvgIpc) is 3.45. The van der Waals surface area contributed by atoms with E-state index >= 15 is 0 Å². The van der Waals surface area contributed by atoms with Gasteiger partial charge in [-0.3, -0.25) is 4.79 Å². The van der Waals surface area contributed by atoms with Gasteiger partial charge in [0.2, 0.25) is 0 Å². The van der Waals surface area contributed by atoms with E-state index in [-0.39, 0.29) is 11.4 Å². The van der Waals surface area contributed by atoms with E-state index in [0.717, 1.165) is 40.8 Å². The molecular weight excluding hydrogens is 386 g/mol. The van der Waals surface area contributed by atoms with Gasteiger partial charge >= 0.3 is 0 Å². The summed E-state index contributed by atoms with van der Waals surface area (Å²) in [5, 5.41) is 6.02. The molecule has 1 fully saturated rings. The van der Waals surface area contributed by atoms with Gasteiger partial charge in [-0.1, -0.05) is 17.7 Å². The normalized spacial score (nSPS) is 14.4. The van der Waals surface area contributed by atoms with Gasteiger partial charge in [-0.15, -0.1) is 0 Å². The molecule has 0 N–H and O–H groups in total. The van der Waals surface area contributed by atoms with Crippen LogP contribution in [0.15, 0.2) is 24.4 Å². The SMILES string of the molecule is Cc1nn(C(C)(C)C)c2nc(C3CC3)cc(C(=O)N(C)Cc3ccc(Cl)nc3)c12. The predicted octanol–water partition coefficient (Wildman–Crippen LogP) is 4.69. The molecule has 3 aromatic rings. The first-order valence-electron chi connectivity index (χ1n) is 9.92. The number of carbonyl (C=O) groups excluding carboxylic acids is 1. The Morgan fingerprint density at radius 3 is 2.62 bits per heavy atom. The van der Waals surface area contributed by atoms with Crippen LogP contribution < -0.4 is 0 Å². The van der Waals surface area contributed by atoms with Gasteiger partial charge in [0.1, 0.15) is 5.15 Å². The second kappa shape index (κ2) is 7.10. The van der Waals surface area contributed by atoms with Crippen molar-refractivity contribution in [2.45, 2.75) is 58.5 Å². The summed E-state index contributed by atoms with van der Waals surface area (Å²) in [4.78, 5) is 24.2. The molecule has 1 aliphatic carbocycles. The lowest BCUT2D eigenvalue weighted by Crippen LogP contribution is -2.27. The van der Waals surface area contributed by atoms with Crippen molar-refractivity contribution in [2.24, 2.45) is 0 Å². The minimum atomic E-state index is -0.219. The second-order valence-electron chi connectivity index (χ2n) is 8.89. The van der Waals surface area contributed by atoms with E-state index in [2.05, 4.69) is 25.8 Å². The van der Waals surface area contributed by atoms with Gasteiger partial charge in [0, 0.05) is 31.4 Å². The van der Waals surface area contributed by atoms with Crippen molar-refractivity contribution in [3.63, 3.8) is 0 Å². The van der Waals surface area contributed by atoms with E-state index in [1.165, 1.54) is 0 Å². The van der Waals surface area contributed by atoms with Crippen molar-refractivity contribution in [2.75, 3.05) is 7.05 Å². The molecule has 7 heteroatoms. The zero-order valence-electron chi connectivity index (χ0n) is 17.5. The van der Waals surface area contributed by atoms with Crippen LogP contribution in [0.25, 0.3) is 11.0 Å². The lowest BCUT2D eigenvalue weighted by Gasteiger charge is -2.21. The summed E-state index contributed by atoms with van der Waals surface area (Å²) < 4.78 is 1.95. The first-order valence-corrected chi connectivity index (χ1v) is 10.3. The predicted molar refractivity (Wildman–Crippen MR) is 114 cm³/mol. The van der Waals surface area contributed by atoms with Crippen molar-refractivity contribution in [3.8, 4) is 0 Å². The van der Waals surface area contributed by atoms with Crippen LogP contribution in [0.2, 0.25) is 5.15 Å². The van der Waals surface area contributed by atoms with E-state index in [4.69, 9.17) is 21.7 Å². The number of aryl methyl sites for hydroxylation is 1. The molecule has 0 spiro atoms. The molecule has 0 aromatic carbocycles. The molecule has 0 atom stereocenters. The van der Waals surface area contributed by atoms with Crippen LogP contribution in [-0.2, 0) is 12.1 Å². The molecule has 0 saturated heterocycles. The summed E-state index contributed by atoms with van der Waals surface area (Å²) in [6.45, 7) is 8.71. The highest BCUT2D eigenvalue weighted by Crippen LogP contribution is 2.41. The number of hydrogen-bond acceptors (Lipinski definition) is 4. The summed E-state index contributed by atoms with van der Waals surface area (Å²) in [7, 11) is 1.81. The minimum absolute atomic E-state index is 0.0363. The molecule has 0 aliphatic heterocycles. The van der Waals surface area contributed by atoms with E-state index in [0.29, 0.717) is 23.2 Å². The van der Waals surface area contributed by atoms with Crippen LogP contribution in [-0.4, -0.2) is 37.6 Å². The van der Waals surface area contributed by atoms with Gasteiger partial charge in [0.25, 0.3) is 5.91 Å². The first kappa shape index (κ1) is 19.8. The van der Waals surface area contributed by atoms with Gasteiger partial charge < -0.3 is 4.90 Å². The summed E-state index contributed by atoms with van der Waals surface area (Å²) in [6, 6.07) is 5.60. The quantitative estimate of drug-likeness (QED) is 0.584. The molecule has 3 aromatic heterocycles. The average molecular weight is 412 g/mol. The van der Waals surface area contributed by atoms with Crippen LogP contribution in [0.5, 0.6) is 0 Å². The van der Waals surface area contributed by atoms with Gasteiger partial charge in [0.05, 0.1) is 22.2 Å². The van der Waals surface area contributed by atoms with Crippen LogP contribution in [0.3, 0.4) is 0 Å². The van der Waals surface area contributed by atoms with E-state index in [9.17, 15) is 4.79 Å². The molecule has 6 nitrogen and oxygen atoms in total. The highest BCUT2D eigenvalue weighted by molar-refractivity contribution is 6.29. The number of rotatable bonds is 4. The maximum absolute atomic E-state index is 13.5. The number of carbonyl (C=O) groups is 1. The van der Waals surface area contributed by atoms with Crippen molar-refractivity contribution in [1.29, 1.82) is 0 Å². The number of pyridine rings is 2. The zero-order chi connectivity index (χ0) is 20.9. The van der Waals surface area contributed by atoms with Crippen molar-refractivity contribution >= 4 is 28.5 Å². The molecule has 0 radical (unpaired) electrons. The Morgan fingerprint density at radius 2 is 2.03 bits per heavy atom. The fraction of sp³-hybridized carbons (Fsp3) is 0.455. The standard InChI is InChI=1S/C22H26ClN5O/c1-13-19-16(21(29)27(5)12-14-6-9-18(23)24-11-14)10-17(15-7-8-15)25-20(19)28(26-13)22(2,3)4/h6,9-11,15H,7-8,12H2,1-5H3. The van der Waals surface area contributed by atoms with Gasteiger partial charge in [-0.25, -0.2) is 14.6 Å². The lowest BCUT2D eigenvalue weighted by molar-refractivity contribution is 0.0786. The minimum Gasteiger partial charge on any atom is -0.337 e. The zero-order valence-corrected chi connectivity index (χ0v) is 18.3. The molecule has 0 unspecified atom stereocenters.